The summed E-state index contributed by atoms with van der Waals surface area (Å²) in [6.45, 7) is 1.15. The topological polar surface area (TPSA) is 116 Å². The van der Waals surface area contributed by atoms with Crippen molar-refractivity contribution in [2.45, 2.75) is 23.0 Å². The second-order valence-electron chi connectivity index (χ2n) is 8.21. The van der Waals surface area contributed by atoms with Crippen LogP contribution in [-0.2, 0) is 13.6 Å². The van der Waals surface area contributed by atoms with Gasteiger partial charge in [0.1, 0.15) is 11.6 Å². The molecule has 0 atom stereocenters. The van der Waals surface area contributed by atoms with Crippen LogP contribution in [0.1, 0.15) is 12.0 Å². The average Bonchev–Trinajstić information content (AvgIpc) is 3.59. The highest BCUT2D eigenvalue weighted by Gasteiger charge is 2.17. The molecular weight excluding hydrogens is 524 g/mol. The lowest BCUT2D eigenvalue weighted by Gasteiger charge is -2.16. The highest BCUT2D eigenvalue weighted by Crippen LogP contribution is 2.40. The van der Waals surface area contributed by atoms with Crippen LogP contribution in [0.2, 0.25) is 5.02 Å². The van der Waals surface area contributed by atoms with Crippen LogP contribution in [0, 0.1) is 11.3 Å². The summed E-state index contributed by atoms with van der Waals surface area (Å²) in [4.78, 5) is 9.72. The zero-order valence-corrected chi connectivity index (χ0v) is 22.2. The van der Waals surface area contributed by atoms with Gasteiger partial charge in [-0.1, -0.05) is 28.6 Å². The van der Waals surface area contributed by atoms with Crippen LogP contribution in [0.3, 0.4) is 0 Å². The average molecular weight is 547 g/mol. The number of nitrogens with one attached hydrogen (secondary N) is 1. The van der Waals surface area contributed by atoms with Crippen molar-refractivity contribution in [1.82, 2.24) is 29.5 Å². The number of aromatic nitrogens is 6. The summed E-state index contributed by atoms with van der Waals surface area (Å²) in [6.07, 6.45) is 9.34. The number of hydrogen-bond acceptors (Lipinski definition) is 9. The quantitative estimate of drug-likeness (QED) is 0.228. The zero-order chi connectivity index (χ0) is 26.5. The van der Waals surface area contributed by atoms with E-state index in [-0.39, 0.29) is 0 Å². The molecule has 5 aromatic rings. The molecule has 0 bridgehead atoms. The summed E-state index contributed by atoms with van der Waals surface area (Å²) < 4.78 is 15.3. The van der Waals surface area contributed by atoms with Gasteiger partial charge in [0.2, 0.25) is 0 Å². The molecule has 38 heavy (non-hydrogen) atoms. The van der Waals surface area contributed by atoms with Crippen LogP contribution in [0.5, 0.6) is 11.5 Å². The first-order valence-corrected chi connectivity index (χ1v) is 12.8. The van der Waals surface area contributed by atoms with Gasteiger partial charge in [0.05, 0.1) is 36.2 Å². The van der Waals surface area contributed by atoms with Crippen molar-refractivity contribution in [3.05, 3.63) is 71.9 Å². The van der Waals surface area contributed by atoms with E-state index in [9.17, 15) is 5.26 Å². The van der Waals surface area contributed by atoms with E-state index in [2.05, 4.69) is 31.7 Å². The van der Waals surface area contributed by atoms with Gasteiger partial charge in [-0.05, 0) is 30.3 Å². The van der Waals surface area contributed by atoms with Gasteiger partial charge in [0.15, 0.2) is 16.7 Å². The second kappa shape index (κ2) is 11.4. The molecule has 2 aromatic carbocycles. The fourth-order valence-electron chi connectivity index (χ4n) is 3.87. The first-order valence-electron chi connectivity index (χ1n) is 11.7. The number of aryl methyl sites for hydroxylation is 2. The van der Waals surface area contributed by atoms with Crippen LogP contribution < -0.4 is 14.8 Å². The van der Waals surface area contributed by atoms with Gasteiger partial charge in [-0.3, -0.25) is 9.67 Å². The molecule has 192 valence electrons. The van der Waals surface area contributed by atoms with Crippen LogP contribution in [0.25, 0.3) is 10.9 Å². The highest BCUT2D eigenvalue weighted by atomic mass is 35.5. The molecule has 0 radical (unpaired) electrons. The SMILES string of the molecule is COc1c(OCCCn2ccnn2)ccc2c(Nc3ccc(Sc4nccn4C)c(Cl)c3)c(C#N)cnc12. The molecule has 5 rings (SSSR count). The molecule has 0 saturated carbocycles. The summed E-state index contributed by atoms with van der Waals surface area (Å²) in [5.74, 6) is 1.07. The number of benzene rings is 2. The number of anilines is 2. The van der Waals surface area contributed by atoms with E-state index in [1.165, 1.54) is 18.0 Å². The minimum Gasteiger partial charge on any atom is -0.491 e. The number of halogens is 1. The third-order valence-corrected chi connectivity index (χ3v) is 7.30. The van der Waals surface area contributed by atoms with Crippen molar-refractivity contribution >= 4 is 45.6 Å². The van der Waals surface area contributed by atoms with Crippen LogP contribution in [0.4, 0.5) is 11.4 Å². The molecule has 0 saturated heterocycles. The Balaban J connectivity index is 1.39. The Morgan fingerprint density at radius 3 is 2.76 bits per heavy atom. The maximum atomic E-state index is 9.79. The lowest BCUT2D eigenvalue weighted by Crippen LogP contribution is -2.06. The molecule has 10 nitrogen and oxygen atoms in total. The number of fused-ring (bicyclic) bond motifs is 1. The summed E-state index contributed by atoms with van der Waals surface area (Å²) in [7, 11) is 3.50. The molecule has 0 aliphatic heterocycles. The number of ether oxygens (including phenoxy) is 2. The number of nitrogens with zero attached hydrogens (tertiary/aromatic N) is 7. The van der Waals surface area contributed by atoms with Crippen molar-refractivity contribution in [2.24, 2.45) is 7.05 Å². The molecule has 0 fully saturated rings. The number of rotatable bonds is 10. The molecule has 1 N–H and O–H groups in total. The second-order valence-corrected chi connectivity index (χ2v) is 9.63. The lowest BCUT2D eigenvalue weighted by atomic mass is 10.1. The van der Waals surface area contributed by atoms with Gasteiger partial charge < -0.3 is 19.4 Å². The number of methoxy groups -OCH3 is 1. The van der Waals surface area contributed by atoms with Crippen molar-refractivity contribution in [2.75, 3.05) is 19.0 Å². The van der Waals surface area contributed by atoms with E-state index < -0.39 is 0 Å². The third-order valence-electron chi connectivity index (χ3n) is 5.72. The molecule has 0 spiro atoms. The third kappa shape index (κ3) is 5.37. The summed E-state index contributed by atoms with van der Waals surface area (Å²) in [5, 5.41) is 23.0. The monoisotopic (exact) mass is 546 g/mol. The largest absolute Gasteiger partial charge is 0.491 e. The van der Waals surface area contributed by atoms with Crippen LogP contribution in [0.15, 0.2) is 71.4 Å². The number of nitriles is 1. The zero-order valence-electron chi connectivity index (χ0n) is 20.6. The van der Waals surface area contributed by atoms with E-state index in [1.54, 1.807) is 24.2 Å². The molecule has 0 aliphatic rings. The van der Waals surface area contributed by atoms with Crippen molar-refractivity contribution in [1.29, 1.82) is 5.26 Å². The minimum atomic E-state index is 0.392. The predicted octanol–water partition coefficient (Wildman–Crippen LogP) is 5.46. The molecule has 0 aliphatic carbocycles. The van der Waals surface area contributed by atoms with Crippen molar-refractivity contribution < 1.29 is 9.47 Å². The Morgan fingerprint density at radius 2 is 2.05 bits per heavy atom. The summed E-state index contributed by atoms with van der Waals surface area (Å²) in [5.41, 5.74) is 2.31. The fourth-order valence-corrected chi connectivity index (χ4v) is 4.97. The maximum absolute atomic E-state index is 9.79. The predicted molar refractivity (Wildman–Crippen MR) is 145 cm³/mol. The summed E-state index contributed by atoms with van der Waals surface area (Å²) >= 11 is 8.08. The number of hydrogen-bond donors (Lipinski definition) is 1. The fraction of sp³-hybridized carbons (Fsp3) is 0.192. The first-order chi connectivity index (χ1) is 18.6. The van der Waals surface area contributed by atoms with Crippen molar-refractivity contribution in [3.8, 4) is 17.6 Å². The van der Waals surface area contributed by atoms with E-state index in [0.717, 1.165) is 27.5 Å². The number of imidazole rings is 1. The van der Waals surface area contributed by atoms with E-state index in [0.29, 0.717) is 46.4 Å². The normalized spacial score (nSPS) is 10.9. The highest BCUT2D eigenvalue weighted by molar-refractivity contribution is 7.99. The Morgan fingerprint density at radius 1 is 1.16 bits per heavy atom. The lowest BCUT2D eigenvalue weighted by molar-refractivity contribution is 0.281. The molecule has 0 unspecified atom stereocenters. The first kappa shape index (κ1) is 25.4. The molecule has 3 aromatic heterocycles. The minimum absolute atomic E-state index is 0.392. The molecule has 3 heterocycles. The van der Waals surface area contributed by atoms with Gasteiger partial charge in [0, 0.05) is 60.8 Å². The van der Waals surface area contributed by atoms with Gasteiger partial charge in [-0.25, -0.2) is 4.98 Å². The molecule has 0 amide bonds. The van der Waals surface area contributed by atoms with Gasteiger partial charge in [0.25, 0.3) is 0 Å². The van der Waals surface area contributed by atoms with Crippen LogP contribution >= 0.6 is 23.4 Å². The Kier molecular flexibility index (Phi) is 7.62. The van der Waals surface area contributed by atoms with Gasteiger partial charge >= 0.3 is 0 Å². The van der Waals surface area contributed by atoms with Gasteiger partial charge in [-0.2, -0.15) is 5.26 Å². The van der Waals surface area contributed by atoms with E-state index in [1.807, 2.05) is 54.3 Å². The smallest absolute Gasteiger partial charge is 0.187 e. The van der Waals surface area contributed by atoms with E-state index >= 15 is 0 Å². The van der Waals surface area contributed by atoms with Gasteiger partial charge in [-0.15, -0.1) is 5.10 Å². The standard InChI is InChI=1S/C26H23ClN8O2S/c1-34-11-8-29-26(34)38-22-7-4-18(14-20(22)27)32-23-17(15-28)16-30-24-19(23)5-6-21(25(24)36-2)37-13-3-10-35-12-9-31-33-35/h4-9,11-12,14,16H,3,10,13H2,1-2H3,(H,30,32). The Labute approximate surface area is 228 Å². The molecule has 12 heteroatoms. The summed E-state index contributed by atoms with van der Waals surface area (Å²) in [6, 6.07) is 11.6. The van der Waals surface area contributed by atoms with Crippen LogP contribution in [-0.4, -0.2) is 43.2 Å². The van der Waals surface area contributed by atoms with Crippen molar-refractivity contribution in [3.63, 3.8) is 0 Å². The Bertz CT molecular complexity index is 1610. The van der Waals surface area contributed by atoms with E-state index in [4.69, 9.17) is 21.1 Å². The molecular formula is C26H23ClN8O2S. The Hall–Kier alpha value is -4.27. The number of pyridine rings is 1. The maximum Gasteiger partial charge on any atom is 0.187 e.